The molecule has 1 saturated heterocycles. The summed E-state index contributed by atoms with van der Waals surface area (Å²) >= 11 is 0. The highest BCUT2D eigenvalue weighted by molar-refractivity contribution is 7.89. The summed E-state index contributed by atoms with van der Waals surface area (Å²) in [5, 5.41) is 0.950. The van der Waals surface area contributed by atoms with Crippen molar-refractivity contribution in [1.29, 1.82) is 0 Å². The number of carbonyl (C=O) groups is 2. The molecular weight excluding hydrogens is 416 g/mol. The third-order valence-electron chi connectivity index (χ3n) is 5.68. The van der Waals surface area contributed by atoms with Gasteiger partial charge in [0.2, 0.25) is 10.0 Å². The first-order valence-electron chi connectivity index (χ1n) is 10.1. The summed E-state index contributed by atoms with van der Waals surface area (Å²) in [7, 11) is -3.53. The van der Waals surface area contributed by atoms with Gasteiger partial charge in [0.15, 0.2) is 0 Å². The maximum atomic E-state index is 12.6. The molecule has 1 fully saturated rings. The van der Waals surface area contributed by atoms with Crippen LogP contribution in [0.15, 0.2) is 47.4 Å². The summed E-state index contributed by atoms with van der Waals surface area (Å²) < 4.78 is 26.6. The molecule has 2 heterocycles. The Bertz CT molecular complexity index is 1260. The minimum Gasteiger partial charge on any atom is -0.358 e. The molecule has 1 aromatic heterocycles. The molecule has 0 bridgehead atoms. The van der Waals surface area contributed by atoms with Crippen molar-refractivity contribution < 1.29 is 18.0 Å². The molecule has 9 heteroatoms. The number of aryl methyl sites for hydroxylation is 2. The SMILES string of the molecule is Cc1[nH]c2ccc(C(=O)NNC(=O)c3ccc(S(=O)(=O)N4CCCC4)cc3)cc2c1C. The molecule has 2 aromatic carbocycles. The Hall–Kier alpha value is -3.17. The molecule has 0 unspecified atom stereocenters. The molecule has 0 radical (unpaired) electrons. The van der Waals surface area contributed by atoms with E-state index in [1.165, 1.54) is 28.6 Å². The number of amides is 2. The summed E-state index contributed by atoms with van der Waals surface area (Å²) in [6.07, 6.45) is 1.71. The highest BCUT2D eigenvalue weighted by Gasteiger charge is 2.27. The van der Waals surface area contributed by atoms with Gasteiger partial charge in [-0.25, -0.2) is 8.42 Å². The quantitative estimate of drug-likeness (QED) is 0.542. The molecule has 3 N–H and O–H groups in total. The van der Waals surface area contributed by atoms with Gasteiger partial charge < -0.3 is 4.98 Å². The smallest absolute Gasteiger partial charge is 0.269 e. The van der Waals surface area contributed by atoms with Gasteiger partial charge in [-0.15, -0.1) is 0 Å². The molecule has 4 rings (SSSR count). The predicted molar refractivity (Wildman–Crippen MR) is 117 cm³/mol. The molecule has 8 nitrogen and oxygen atoms in total. The van der Waals surface area contributed by atoms with E-state index in [1.807, 2.05) is 19.9 Å². The minimum atomic E-state index is -3.53. The molecule has 0 atom stereocenters. The van der Waals surface area contributed by atoms with Gasteiger partial charge in [-0.3, -0.25) is 20.4 Å². The van der Waals surface area contributed by atoms with Crippen LogP contribution in [0.25, 0.3) is 10.9 Å². The monoisotopic (exact) mass is 440 g/mol. The average Bonchev–Trinajstić information content (AvgIpc) is 3.41. The van der Waals surface area contributed by atoms with E-state index in [1.54, 1.807) is 12.1 Å². The zero-order valence-electron chi connectivity index (χ0n) is 17.4. The lowest BCUT2D eigenvalue weighted by atomic mass is 10.1. The third kappa shape index (κ3) is 4.06. The van der Waals surface area contributed by atoms with Gasteiger partial charge in [-0.2, -0.15) is 4.31 Å². The van der Waals surface area contributed by atoms with Gasteiger partial charge in [-0.1, -0.05) is 0 Å². The topological polar surface area (TPSA) is 111 Å². The summed E-state index contributed by atoms with van der Waals surface area (Å²) in [5.74, 6) is -0.977. The van der Waals surface area contributed by atoms with Crippen molar-refractivity contribution in [2.75, 3.05) is 13.1 Å². The van der Waals surface area contributed by atoms with E-state index >= 15 is 0 Å². The molecule has 2 amide bonds. The normalized spacial score (nSPS) is 14.6. The van der Waals surface area contributed by atoms with E-state index in [-0.39, 0.29) is 10.5 Å². The van der Waals surface area contributed by atoms with Crippen LogP contribution in [0.2, 0.25) is 0 Å². The second-order valence-electron chi connectivity index (χ2n) is 7.68. The Morgan fingerprint density at radius 1 is 0.903 bits per heavy atom. The highest BCUT2D eigenvalue weighted by Crippen LogP contribution is 2.23. The molecule has 1 aliphatic rings. The first-order chi connectivity index (χ1) is 14.8. The second-order valence-corrected chi connectivity index (χ2v) is 9.62. The first-order valence-corrected chi connectivity index (χ1v) is 11.5. The number of rotatable bonds is 4. The fourth-order valence-corrected chi connectivity index (χ4v) is 5.23. The molecule has 1 aliphatic heterocycles. The molecule has 0 saturated carbocycles. The van der Waals surface area contributed by atoms with E-state index in [0.717, 1.165) is 35.0 Å². The van der Waals surface area contributed by atoms with Gasteiger partial charge in [-0.05, 0) is 74.7 Å². The summed E-state index contributed by atoms with van der Waals surface area (Å²) in [6, 6.07) is 11.0. The Morgan fingerprint density at radius 3 is 2.13 bits per heavy atom. The number of sulfonamides is 1. The fraction of sp³-hybridized carbons (Fsp3) is 0.273. The lowest BCUT2D eigenvalue weighted by Gasteiger charge is -2.15. The van der Waals surface area contributed by atoms with Crippen LogP contribution < -0.4 is 10.9 Å². The number of hydrogen-bond acceptors (Lipinski definition) is 4. The molecule has 0 spiro atoms. The number of aromatic nitrogens is 1. The Kier molecular flexibility index (Phi) is 5.55. The number of H-pyrrole nitrogens is 1. The Balaban J connectivity index is 1.41. The number of aromatic amines is 1. The molecule has 162 valence electrons. The van der Waals surface area contributed by atoms with Crippen molar-refractivity contribution >= 4 is 32.7 Å². The number of fused-ring (bicyclic) bond motifs is 1. The number of nitrogens with zero attached hydrogens (tertiary/aromatic N) is 1. The van der Waals surface area contributed by atoms with E-state index in [2.05, 4.69) is 15.8 Å². The molecule has 0 aliphatic carbocycles. The lowest BCUT2D eigenvalue weighted by molar-refractivity contribution is 0.0846. The maximum absolute atomic E-state index is 12.6. The number of benzene rings is 2. The summed E-state index contributed by atoms with van der Waals surface area (Å²) in [5.41, 5.74) is 8.49. The standard InChI is InChI=1S/C22H24N4O4S/c1-14-15(2)23-20-10-7-17(13-19(14)20)22(28)25-24-21(27)16-5-8-18(9-6-16)31(29,30)26-11-3-4-12-26/h5-10,13,23H,3-4,11-12H2,1-2H3,(H,24,27)(H,25,28). The number of hydrazine groups is 1. The fourth-order valence-electron chi connectivity index (χ4n) is 3.72. The molecule has 3 aromatic rings. The third-order valence-corrected chi connectivity index (χ3v) is 7.59. The summed E-state index contributed by atoms with van der Waals surface area (Å²) in [6.45, 7) is 4.98. The van der Waals surface area contributed by atoms with Crippen LogP contribution >= 0.6 is 0 Å². The Morgan fingerprint density at radius 2 is 1.48 bits per heavy atom. The van der Waals surface area contributed by atoms with Gasteiger partial charge in [0.25, 0.3) is 11.8 Å². The van der Waals surface area contributed by atoms with Crippen molar-refractivity contribution in [3.63, 3.8) is 0 Å². The van der Waals surface area contributed by atoms with Gasteiger partial charge in [0, 0.05) is 40.8 Å². The van der Waals surface area contributed by atoms with E-state index in [9.17, 15) is 18.0 Å². The van der Waals surface area contributed by atoms with E-state index in [0.29, 0.717) is 18.7 Å². The maximum Gasteiger partial charge on any atom is 0.269 e. The summed E-state index contributed by atoms with van der Waals surface area (Å²) in [4.78, 5) is 28.2. The lowest BCUT2D eigenvalue weighted by Crippen LogP contribution is -2.41. The van der Waals surface area contributed by atoms with Gasteiger partial charge in [0.1, 0.15) is 0 Å². The number of hydrogen-bond donors (Lipinski definition) is 3. The zero-order valence-corrected chi connectivity index (χ0v) is 18.2. The van der Waals surface area contributed by atoms with Crippen LogP contribution in [-0.4, -0.2) is 42.6 Å². The first kappa shape index (κ1) is 21.1. The average molecular weight is 441 g/mol. The van der Waals surface area contributed by atoms with Crippen molar-refractivity contribution in [1.82, 2.24) is 20.1 Å². The van der Waals surface area contributed by atoms with Crippen LogP contribution in [0.5, 0.6) is 0 Å². The largest absolute Gasteiger partial charge is 0.358 e. The van der Waals surface area contributed by atoms with Gasteiger partial charge in [0.05, 0.1) is 4.90 Å². The van der Waals surface area contributed by atoms with Gasteiger partial charge >= 0.3 is 0 Å². The predicted octanol–water partition coefficient (Wildman–Crippen LogP) is 2.64. The number of carbonyl (C=O) groups excluding carboxylic acids is 2. The van der Waals surface area contributed by atoms with Crippen LogP contribution in [-0.2, 0) is 10.0 Å². The zero-order chi connectivity index (χ0) is 22.2. The van der Waals surface area contributed by atoms with Crippen LogP contribution in [0.1, 0.15) is 44.8 Å². The van der Waals surface area contributed by atoms with E-state index < -0.39 is 21.8 Å². The van der Waals surface area contributed by atoms with Crippen LogP contribution in [0.4, 0.5) is 0 Å². The Labute approximate surface area is 180 Å². The van der Waals surface area contributed by atoms with Crippen molar-refractivity contribution in [2.24, 2.45) is 0 Å². The van der Waals surface area contributed by atoms with Crippen LogP contribution in [0.3, 0.4) is 0 Å². The van der Waals surface area contributed by atoms with Crippen molar-refractivity contribution in [3.8, 4) is 0 Å². The number of nitrogens with one attached hydrogen (secondary N) is 3. The van der Waals surface area contributed by atoms with Crippen LogP contribution in [0, 0.1) is 13.8 Å². The molecule has 31 heavy (non-hydrogen) atoms. The van der Waals surface area contributed by atoms with E-state index in [4.69, 9.17) is 0 Å². The van der Waals surface area contributed by atoms with Crippen molar-refractivity contribution in [2.45, 2.75) is 31.6 Å². The minimum absolute atomic E-state index is 0.153. The second kappa shape index (κ2) is 8.16. The molecular formula is C22H24N4O4S. The highest BCUT2D eigenvalue weighted by atomic mass is 32.2. The van der Waals surface area contributed by atoms with Crippen molar-refractivity contribution in [3.05, 3.63) is 64.8 Å².